The molecule has 0 unspecified atom stereocenters. The van der Waals surface area contributed by atoms with Crippen LogP contribution in [0.1, 0.15) is 24.0 Å². The van der Waals surface area contributed by atoms with Crippen molar-refractivity contribution >= 4 is 33.0 Å². The number of nitrogens with zero attached hydrogens (tertiary/aromatic N) is 1. The van der Waals surface area contributed by atoms with E-state index >= 15 is 0 Å². The number of halogens is 1. The van der Waals surface area contributed by atoms with Crippen LogP contribution in [0.3, 0.4) is 0 Å². The number of sulfonamides is 1. The molecule has 0 bridgehead atoms. The number of rotatable bonds is 4. The first-order valence-electron chi connectivity index (χ1n) is 8.02. The highest BCUT2D eigenvalue weighted by Crippen LogP contribution is 2.35. The molecule has 0 amide bonds. The normalized spacial score (nSPS) is 14.9. The first-order chi connectivity index (χ1) is 11.4. The van der Waals surface area contributed by atoms with E-state index in [0.717, 1.165) is 37.1 Å². The topological polar surface area (TPSA) is 49.4 Å². The Bertz CT molecular complexity index is 859. The molecular formula is C18H21ClN2O2S. The number of hydrogen-bond donors (Lipinski definition) is 1. The van der Waals surface area contributed by atoms with Crippen LogP contribution in [0.15, 0.2) is 41.3 Å². The highest BCUT2D eigenvalue weighted by molar-refractivity contribution is 7.93. The van der Waals surface area contributed by atoms with Gasteiger partial charge in [0.25, 0.3) is 10.0 Å². The SMILES string of the molecule is Cc1ccc(NS(=O)(=O)c2c(Cl)cccc2N2CCCC2)c(C)c1. The summed E-state index contributed by atoms with van der Waals surface area (Å²) in [7, 11) is -3.77. The van der Waals surface area contributed by atoms with E-state index in [1.165, 1.54) is 0 Å². The maximum absolute atomic E-state index is 13.0. The number of hydrogen-bond acceptors (Lipinski definition) is 3. The second-order valence-electron chi connectivity index (χ2n) is 6.21. The highest BCUT2D eigenvalue weighted by atomic mass is 35.5. The van der Waals surface area contributed by atoms with Gasteiger partial charge in [-0.05, 0) is 50.5 Å². The van der Waals surface area contributed by atoms with E-state index in [0.29, 0.717) is 11.4 Å². The van der Waals surface area contributed by atoms with Gasteiger partial charge in [-0.1, -0.05) is 35.4 Å². The van der Waals surface area contributed by atoms with Gasteiger partial charge in [0.1, 0.15) is 4.90 Å². The van der Waals surface area contributed by atoms with Crippen LogP contribution in [0.25, 0.3) is 0 Å². The highest BCUT2D eigenvalue weighted by Gasteiger charge is 2.27. The van der Waals surface area contributed by atoms with E-state index in [9.17, 15) is 8.42 Å². The summed E-state index contributed by atoms with van der Waals surface area (Å²) in [6.07, 6.45) is 2.13. The van der Waals surface area contributed by atoms with Crippen LogP contribution in [0.5, 0.6) is 0 Å². The number of benzene rings is 2. The third kappa shape index (κ3) is 3.37. The van der Waals surface area contributed by atoms with E-state index in [2.05, 4.69) is 9.62 Å². The van der Waals surface area contributed by atoms with Crippen molar-refractivity contribution in [1.82, 2.24) is 0 Å². The Morgan fingerprint density at radius 3 is 2.46 bits per heavy atom. The summed E-state index contributed by atoms with van der Waals surface area (Å²) >= 11 is 6.28. The summed E-state index contributed by atoms with van der Waals surface area (Å²) in [5.41, 5.74) is 3.23. The molecule has 2 aromatic rings. The fourth-order valence-corrected chi connectivity index (χ4v) is 4.99. The van der Waals surface area contributed by atoms with Crippen molar-refractivity contribution in [3.8, 4) is 0 Å². The number of anilines is 2. The molecule has 1 aliphatic rings. The van der Waals surface area contributed by atoms with Gasteiger partial charge in [0.05, 0.1) is 16.4 Å². The molecule has 128 valence electrons. The van der Waals surface area contributed by atoms with Crippen LogP contribution in [0, 0.1) is 13.8 Å². The lowest BCUT2D eigenvalue weighted by Crippen LogP contribution is -2.23. The molecule has 0 aliphatic carbocycles. The van der Waals surface area contributed by atoms with Gasteiger partial charge in [-0.2, -0.15) is 0 Å². The van der Waals surface area contributed by atoms with Crippen molar-refractivity contribution in [2.24, 2.45) is 0 Å². The van der Waals surface area contributed by atoms with Gasteiger partial charge in [-0.25, -0.2) is 8.42 Å². The zero-order chi connectivity index (χ0) is 17.3. The molecule has 0 radical (unpaired) electrons. The third-order valence-corrected chi connectivity index (χ3v) is 6.17. The van der Waals surface area contributed by atoms with E-state index in [1.54, 1.807) is 18.2 Å². The van der Waals surface area contributed by atoms with Gasteiger partial charge >= 0.3 is 0 Å². The molecule has 1 heterocycles. The molecule has 24 heavy (non-hydrogen) atoms. The van der Waals surface area contributed by atoms with E-state index in [1.807, 2.05) is 32.0 Å². The van der Waals surface area contributed by atoms with Crippen LogP contribution >= 0.6 is 11.6 Å². The maximum atomic E-state index is 13.0. The Kier molecular flexibility index (Phi) is 4.74. The summed E-state index contributed by atoms with van der Waals surface area (Å²) in [6, 6.07) is 10.9. The molecule has 6 heteroatoms. The van der Waals surface area contributed by atoms with Gasteiger partial charge < -0.3 is 4.90 Å². The van der Waals surface area contributed by atoms with Crippen LogP contribution in [-0.4, -0.2) is 21.5 Å². The smallest absolute Gasteiger partial charge is 0.265 e. The van der Waals surface area contributed by atoms with Gasteiger partial charge in [0, 0.05) is 13.1 Å². The fourth-order valence-electron chi connectivity index (χ4n) is 3.09. The van der Waals surface area contributed by atoms with Crippen LogP contribution in [-0.2, 0) is 10.0 Å². The largest absolute Gasteiger partial charge is 0.370 e. The first-order valence-corrected chi connectivity index (χ1v) is 9.88. The van der Waals surface area contributed by atoms with Crippen molar-refractivity contribution in [3.05, 3.63) is 52.5 Å². The zero-order valence-electron chi connectivity index (χ0n) is 13.8. The monoisotopic (exact) mass is 364 g/mol. The fraction of sp³-hybridized carbons (Fsp3) is 0.333. The Morgan fingerprint density at radius 2 is 1.79 bits per heavy atom. The minimum atomic E-state index is -3.77. The van der Waals surface area contributed by atoms with E-state index in [-0.39, 0.29) is 9.92 Å². The zero-order valence-corrected chi connectivity index (χ0v) is 15.4. The summed E-state index contributed by atoms with van der Waals surface area (Å²) in [6.45, 7) is 5.57. The minimum Gasteiger partial charge on any atom is -0.370 e. The van der Waals surface area contributed by atoms with Crippen molar-refractivity contribution in [3.63, 3.8) is 0 Å². The third-order valence-electron chi connectivity index (χ3n) is 4.29. The standard InChI is InChI=1S/C18H21ClN2O2S/c1-13-8-9-16(14(2)12-13)20-24(22,23)18-15(19)6-5-7-17(18)21-10-3-4-11-21/h5-9,12,20H,3-4,10-11H2,1-2H3. The van der Waals surface area contributed by atoms with E-state index < -0.39 is 10.0 Å². The van der Waals surface area contributed by atoms with Gasteiger partial charge in [0.15, 0.2) is 0 Å². The summed E-state index contributed by atoms with van der Waals surface area (Å²) in [4.78, 5) is 2.25. The molecule has 0 saturated carbocycles. The summed E-state index contributed by atoms with van der Waals surface area (Å²) in [5.74, 6) is 0. The molecule has 1 N–H and O–H groups in total. The summed E-state index contributed by atoms with van der Waals surface area (Å²) < 4.78 is 28.7. The Labute approximate surface area is 148 Å². The lowest BCUT2D eigenvalue weighted by molar-refractivity contribution is 0.601. The maximum Gasteiger partial charge on any atom is 0.265 e. The molecule has 1 saturated heterocycles. The van der Waals surface area contributed by atoms with Crippen LogP contribution in [0.4, 0.5) is 11.4 Å². The quantitative estimate of drug-likeness (QED) is 0.876. The predicted molar refractivity (Wildman–Crippen MR) is 99.6 cm³/mol. The van der Waals surface area contributed by atoms with Gasteiger partial charge in [0.2, 0.25) is 0 Å². The lowest BCUT2D eigenvalue weighted by atomic mass is 10.1. The molecule has 3 rings (SSSR count). The minimum absolute atomic E-state index is 0.161. The molecule has 2 aromatic carbocycles. The van der Waals surface area contributed by atoms with Crippen molar-refractivity contribution in [2.75, 3.05) is 22.7 Å². The van der Waals surface area contributed by atoms with Crippen molar-refractivity contribution in [1.29, 1.82) is 0 Å². The van der Waals surface area contributed by atoms with Crippen molar-refractivity contribution < 1.29 is 8.42 Å². The Hall–Kier alpha value is -1.72. The van der Waals surface area contributed by atoms with Crippen molar-refractivity contribution in [2.45, 2.75) is 31.6 Å². The lowest BCUT2D eigenvalue weighted by Gasteiger charge is -2.22. The summed E-state index contributed by atoms with van der Waals surface area (Å²) in [5, 5.41) is 0.247. The van der Waals surface area contributed by atoms with E-state index in [4.69, 9.17) is 11.6 Å². The Morgan fingerprint density at radius 1 is 1.08 bits per heavy atom. The average molecular weight is 365 g/mol. The second kappa shape index (κ2) is 6.65. The number of aryl methyl sites for hydroxylation is 2. The van der Waals surface area contributed by atoms with Gasteiger partial charge in [-0.15, -0.1) is 0 Å². The molecule has 0 aromatic heterocycles. The van der Waals surface area contributed by atoms with Gasteiger partial charge in [-0.3, -0.25) is 4.72 Å². The molecular weight excluding hydrogens is 344 g/mol. The molecule has 1 fully saturated rings. The molecule has 1 aliphatic heterocycles. The van der Waals surface area contributed by atoms with Crippen LogP contribution < -0.4 is 9.62 Å². The predicted octanol–water partition coefficient (Wildman–Crippen LogP) is 4.36. The Balaban J connectivity index is 2.03. The number of nitrogens with one attached hydrogen (secondary N) is 1. The van der Waals surface area contributed by atoms with Crippen LogP contribution in [0.2, 0.25) is 5.02 Å². The first kappa shape index (κ1) is 17.1. The molecule has 0 spiro atoms. The molecule has 0 atom stereocenters. The average Bonchev–Trinajstić information content (AvgIpc) is 3.04. The second-order valence-corrected chi connectivity index (χ2v) is 8.23. The molecule has 4 nitrogen and oxygen atoms in total.